The van der Waals surface area contributed by atoms with Crippen LogP contribution < -0.4 is 0 Å². The topological polar surface area (TPSA) is 31.0 Å². The van der Waals surface area contributed by atoms with Crippen molar-refractivity contribution in [2.75, 3.05) is 26.9 Å². The second-order valence-electron chi connectivity index (χ2n) is 2.48. The molecule has 11 heavy (non-hydrogen) atoms. The molecule has 1 saturated heterocycles. The largest absolute Gasteiger partial charge is 0.421 e. The SMILES string of the molecule is CO[Si]CCCOCC1CO1. The van der Waals surface area contributed by atoms with Gasteiger partial charge in [-0.15, -0.1) is 0 Å². The average Bonchev–Trinajstić information content (AvgIpc) is 2.80. The third-order valence-corrected chi connectivity index (χ3v) is 2.26. The van der Waals surface area contributed by atoms with E-state index in [0.29, 0.717) is 15.9 Å². The van der Waals surface area contributed by atoms with Gasteiger partial charge in [0, 0.05) is 13.7 Å². The molecule has 0 bridgehead atoms. The summed E-state index contributed by atoms with van der Waals surface area (Å²) in [7, 11) is 2.36. The van der Waals surface area contributed by atoms with Gasteiger partial charge in [-0.2, -0.15) is 0 Å². The minimum atomic E-state index is 0.403. The summed E-state index contributed by atoms with van der Waals surface area (Å²) >= 11 is 0. The summed E-state index contributed by atoms with van der Waals surface area (Å²) in [6, 6.07) is 1.11. The molecule has 1 unspecified atom stereocenters. The zero-order valence-corrected chi connectivity index (χ0v) is 7.84. The molecular formula is C7H14O3Si. The van der Waals surface area contributed by atoms with Crippen molar-refractivity contribution in [1.29, 1.82) is 0 Å². The molecule has 4 heteroatoms. The Morgan fingerprint density at radius 1 is 1.64 bits per heavy atom. The first-order chi connectivity index (χ1) is 5.43. The molecule has 0 amide bonds. The fraction of sp³-hybridized carbons (Fsp3) is 1.00. The van der Waals surface area contributed by atoms with E-state index in [2.05, 4.69) is 0 Å². The lowest BCUT2D eigenvalue weighted by atomic mass is 10.5. The highest BCUT2D eigenvalue weighted by Gasteiger charge is 2.21. The van der Waals surface area contributed by atoms with Crippen LogP contribution in [-0.2, 0) is 13.9 Å². The summed E-state index contributed by atoms with van der Waals surface area (Å²) < 4.78 is 15.2. The molecule has 0 spiro atoms. The lowest BCUT2D eigenvalue weighted by Gasteiger charge is -1.99. The molecule has 1 atom stereocenters. The van der Waals surface area contributed by atoms with Crippen LogP contribution in [0.4, 0.5) is 0 Å². The van der Waals surface area contributed by atoms with Crippen LogP contribution in [0, 0.1) is 0 Å². The summed E-state index contributed by atoms with van der Waals surface area (Å²) in [6.45, 7) is 2.51. The molecule has 0 aromatic heterocycles. The van der Waals surface area contributed by atoms with Crippen LogP contribution in [0.1, 0.15) is 6.42 Å². The number of epoxide rings is 1. The molecule has 0 aromatic carbocycles. The second kappa shape index (κ2) is 5.71. The third-order valence-electron chi connectivity index (χ3n) is 1.42. The number of rotatable bonds is 7. The van der Waals surface area contributed by atoms with E-state index in [-0.39, 0.29) is 0 Å². The van der Waals surface area contributed by atoms with Gasteiger partial charge in [-0.05, 0) is 12.5 Å². The summed E-state index contributed by atoms with van der Waals surface area (Å²) in [4.78, 5) is 0. The Bertz CT molecular complexity index is 95.7. The average molecular weight is 174 g/mol. The first kappa shape index (κ1) is 9.19. The Balaban J connectivity index is 1.66. The van der Waals surface area contributed by atoms with Gasteiger partial charge >= 0.3 is 0 Å². The monoisotopic (exact) mass is 174 g/mol. The fourth-order valence-electron chi connectivity index (χ4n) is 0.728. The molecule has 0 saturated carbocycles. The molecule has 1 heterocycles. The van der Waals surface area contributed by atoms with Crippen LogP contribution in [0.25, 0.3) is 0 Å². The molecule has 0 aliphatic carbocycles. The summed E-state index contributed by atoms with van der Waals surface area (Å²) in [5.41, 5.74) is 0. The maximum atomic E-state index is 5.33. The van der Waals surface area contributed by atoms with Gasteiger partial charge < -0.3 is 13.9 Å². The Morgan fingerprint density at radius 2 is 2.45 bits per heavy atom. The van der Waals surface area contributed by atoms with Crippen molar-refractivity contribution in [3.63, 3.8) is 0 Å². The summed E-state index contributed by atoms with van der Waals surface area (Å²) in [5, 5.41) is 0. The molecule has 1 fully saturated rings. The van der Waals surface area contributed by atoms with Crippen molar-refractivity contribution in [1.82, 2.24) is 0 Å². The Morgan fingerprint density at radius 3 is 3.09 bits per heavy atom. The lowest BCUT2D eigenvalue weighted by Crippen LogP contribution is -2.03. The van der Waals surface area contributed by atoms with Gasteiger partial charge in [-0.3, -0.25) is 0 Å². The van der Waals surface area contributed by atoms with Gasteiger partial charge in [-0.1, -0.05) is 0 Å². The smallest absolute Gasteiger partial charge is 0.229 e. The van der Waals surface area contributed by atoms with Gasteiger partial charge in [0.05, 0.1) is 13.2 Å². The molecular weight excluding hydrogens is 160 g/mol. The van der Waals surface area contributed by atoms with Gasteiger partial charge in [0.2, 0.25) is 9.76 Å². The lowest BCUT2D eigenvalue weighted by molar-refractivity contribution is 0.117. The van der Waals surface area contributed by atoms with Crippen LogP contribution in [-0.4, -0.2) is 42.8 Å². The van der Waals surface area contributed by atoms with Crippen molar-refractivity contribution >= 4 is 9.76 Å². The quantitative estimate of drug-likeness (QED) is 0.319. The van der Waals surface area contributed by atoms with Crippen LogP contribution in [0.3, 0.4) is 0 Å². The minimum Gasteiger partial charge on any atom is -0.421 e. The Hall–Kier alpha value is 0.0969. The van der Waals surface area contributed by atoms with Crippen molar-refractivity contribution < 1.29 is 13.9 Å². The van der Waals surface area contributed by atoms with Crippen molar-refractivity contribution in [3.8, 4) is 0 Å². The normalized spacial score (nSPS) is 22.1. The van der Waals surface area contributed by atoms with Gasteiger partial charge in [-0.25, -0.2) is 0 Å². The standard InChI is InChI=1S/C7H14O3Si/c1-8-11-4-2-3-9-5-7-6-10-7/h7H,2-6H2,1H3. The molecule has 0 aromatic rings. The zero-order valence-electron chi connectivity index (χ0n) is 6.84. The van der Waals surface area contributed by atoms with Crippen LogP contribution in [0.15, 0.2) is 0 Å². The number of hydrogen-bond acceptors (Lipinski definition) is 3. The summed E-state index contributed by atoms with van der Waals surface area (Å²) in [5.74, 6) is 0. The van der Waals surface area contributed by atoms with E-state index < -0.39 is 0 Å². The molecule has 64 valence electrons. The first-order valence-electron chi connectivity index (χ1n) is 3.88. The van der Waals surface area contributed by atoms with Crippen molar-refractivity contribution in [2.45, 2.75) is 18.6 Å². The molecule has 1 rings (SSSR count). The van der Waals surface area contributed by atoms with Crippen molar-refractivity contribution in [3.05, 3.63) is 0 Å². The highest BCUT2D eigenvalue weighted by Crippen LogP contribution is 2.08. The van der Waals surface area contributed by atoms with Crippen LogP contribution in [0.2, 0.25) is 6.04 Å². The maximum absolute atomic E-state index is 5.33. The fourth-order valence-corrected chi connectivity index (χ4v) is 1.22. The molecule has 3 nitrogen and oxygen atoms in total. The summed E-state index contributed by atoms with van der Waals surface area (Å²) in [6.07, 6.45) is 1.50. The highest BCUT2D eigenvalue weighted by atomic mass is 28.2. The van der Waals surface area contributed by atoms with Crippen molar-refractivity contribution in [2.24, 2.45) is 0 Å². The molecule has 1 aliphatic heterocycles. The second-order valence-corrected chi connectivity index (χ2v) is 3.68. The predicted octanol–water partition coefficient (Wildman–Crippen LogP) is 0.476. The van der Waals surface area contributed by atoms with E-state index >= 15 is 0 Å². The molecule has 0 N–H and O–H groups in total. The van der Waals surface area contributed by atoms with E-state index in [9.17, 15) is 0 Å². The maximum Gasteiger partial charge on any atom is 0.229 e. The third kappa shape index (κ3) is 5.38. The number of ether oxygens (including phenoxy) is 2. The number of hydrogen-bond donors (Lipinski definition) is 0. The minimum absolute atomic E-state index is 0.403. The Labute approximate surface area is 70.0 Å². The van der Waals surface area contributed by atoms with E-state index in [1.807, 2.05) is 0 Å². The van der Waals surface area contributed by atoms with Crippen LogP contribution in [0.5, 0.6) is 0 Å². The zero-order chi connectivity index (χ0) is 7.94. The predicted molar refractivity (Wildman–Crippen MR) is 42.7 cm³/mol. The van der Waals surface area contributed by atoms with E-state index in [0.717, 1.165) is 32.3 Å². The highest BCUT2D eigenvalue weighted by molar-refractivity contribution is 6.26. The van der Waals surface area contributed by atoms with E-state index in [1.165, 1.54) is 0 Å². The van der Waals surface area contributed by atoms with E-state index in [1.54, 1.807) is 7.11 Å². The van der Waals surface area contributed by atoms with E-state index in [4.69, 9.17) is 13.9 Å². The molecule has 1 aliphatic rings. The molecule has 2 radical (unpaired) electrons. The van der Waals surface area contributed by atoms with Crippen LogP contribution >= 0.6 is 0 Å². The Kier molecular flexibility index (Phi) is 4.77. The van der Waals surface area contributed by atoms with Gasteiger partial charge in [0.25, 0.3) is 0 Å². The van der Waals surface area contributed by atoms with Gasteiger partial charge in [0.1, 0.15) is 6.10 Å². The van der Waals surface area contributed by atoms with Gasteiger partial charge in [0.15, 0.2) is 0 Å². The first-order valence-corrected chi connectivity index (χ1v) is 5.00.